The molecule has 0 aromatic rings. The van der Waals surface area contributed by atoms with Gasteiger partial charge in [0.25, 0.3) is 0 Å². The van der Waals surface area contributed by atoms with E-state index in [-0.39, 0.29) is 6.61 Å². The Labute approximate surface area is 66.9 Å². The number of ether oxygens (including phenoxy) is 1. The van der Waals surface area contributed by atoms with Crippen LogP contribution in [0.5, 0.6) is 0 Å². The van der Waals surface area contributed by atoms with Crippen LogP contribution in [0, 0.1) is 0 Å². The van der Waals surface area contributed by atoms with E-state index < -0.39 is 11.5 Å². The molecule has 11 heavy (non-hydrogen) atoms. The summed E-state index contributed by atoms with van der Waals surface area (Å²) in [6, 6.07) is 0. The van der Waals surface area contributed by atoms with E-state index >= 15 is 0 Å². The van der Waals surface area contributed by atoms with Crippen LogP contribution in [0.3, 0.4) is 0 Å². The molecule has 0 saturated heterocycles. The summed E-state index contributed by atoms with van der Waals surface area (Å²) in [5, 5.41) is 0. The lowest BCUT2D eigenvalue weighted by Crippen LogP contribution is -2.39. The molecular formula is C7H16N2O2. The van der Waals surface area contributed by atoms with Crippen molar-refractivity contribution < 1.29 is 9.53 Å². The summed E-state index contributed by atoms with van der Waals surface area (Å²) < 4.78 is 5.19. The molecule has 0 bridgehead atoms. The second-order valence-corrected chi connectivity index (χ2v) is 2.76. The summed E-state index contributed by atoms with van der Waals surface area (Å²) in [5.41, 5.74) is 9.92. The average Bonchev–Trinajstić information content (AvgIpc) is 2.00. The van der Waals surface area contributed by atoms with Crippen LogP contribution in [0.1, 0.15) is 20.3 Å². The van der Waals surface area contributed by atoms with Gasteiger partial charge < -0.3 is 16.2 Å². The minimum Gasteiger partial charge on any atom is -0.368 e. The first kappa shape index (κ1) is 10.4. The molecule has 0 aromatic heterocycles. The molecule has 0 aliphatic rings. The minimum atomic E-state index is -0.460. The lowest BCUT2D eigenvalue weighted by Gasteiger charge is -2.25. The van der Waals surface area contributed by atoms with Crippen molar-refractivity contribution in [2.45, 2.75) is 25.9 Å². The summed E-state index contributed by atoms with van der Waals surface area (Å²) in [6.45, 7) is 4.15. The van der Waals surface area contributed by atoms with E-state index in [4.69, 9.17) is 16.2 Å². The van der Waals surface area contributed by atoms with E-state index in [0.29, 0.717) is 6.54 Å². The van der Waals surface area contributed by atoms with Crippen LogP contribution < -0.4 is 11.5 Å². The molecule has 66 valence electrons. The van der Waals surface area contributed by atoms with Crippen LogP contribution in [0.4, 0.5) is 0 Å². The van der Waals surface area contributed by atoms with Crippen LogP contribution in [0.25, 0.3) is 0 Å². The zero-order valence-corrected chi connectivity index (χ0v) is 7.09. The first-order valence-corrected chi connectivity index (χ1v) is 3.66. The minimum absolute atomic E-state index is 0.0540. The fourth-order valence-electron chi connectivity index (χ4n) is 0.551. The topological polar surface area (TPSA) is 78.3 Å². The van der Waals surface area contributed by atoms with Gasteiger partial charge in [-0.15, -0.1) is 0 Å². The van der Waals surface area contributed by atoms with E-state index in [1.165, 1.54) is 0 Å². The Bertz CT molecular complexity index is 132. The Hall–Kier alpha value is -0.610. The molecule has 4 heteroatoms. The maximum absolute atomic E-state index is 10.3. The van der Waals surface area contributed by atoms with Gasteiger partial charge in [0.15, 0.2) is 0 Å². The molecule has 1 amide bonds. The van der Waals surface area contributed by atoms with Crippen LogP contribution in [0.2, 0.25) is 0 Å². The number of nitrogens with two attached hydrogens (primary N) is 2. The molecule has 0 spiro atoms. The van der Waals surface area contributed by atoms with Gasteiger partial charge in [-0.1, -0.05) is 6.92 Å². The number of primary amides is 1. The van der Waals surface area contributed by atoms with Crippen molar-refractivity contribution in [3.63, 3.8) is 0 Å². The molecule has 0 aromatic carbocycles. The van der Waals surface area contributed by atoms with Gasteiger partial charge in [-0.25, -0.2) is 0 Å². The maximum Gasteiger partial charge on any atom is 0.243 e. The highest BCUT2D eigenvalue weighted by Crippen LogP contribution is 2.11. The van der Waals surface area contributed by atoms with Crippen molar-refractivity contribution in [1.29, 1.82) is 0 Å². The van der Waals surface area contributed by atoms with Gasteiger partial charge in [0.2, 0.25) is 5.91 Å². The third-order valence-corrected chi connectivity index (χ3v) is 1.74. The number of hydrogen-bond donors (Lipinski definition) is 2. The molecule has 1 atom stereocenters. The van der Waals surface area contributed by atoms with Crippen LogP contribution in [-0.2, 0) is 9.53 Å². The molecule has 0 radical (unpaired) electrons. The number of hydrogen-bond acceptors (Lipinski definition) is 3. The fraction of sp³-hybridized carbons (Fsp3) is 0.857. The van der Waals surface area contributed by atoms with Crippen molar-refractivity contribution in [2.75, 3.05) is 13.2 Å². The normalized spacial score (nSPS) is 15.9. The first-order valence-electron chi connectivity index (χ1n) is 3.66. The van der Waals surface area contributed by atoms with Gasteiger partial charge in [0, 0.05) is 6.54 Å². The predicted molar refractivity (Wildman–Crippen MR) is 42.9 cm³/mol. The number of carbonyl (C=O) groups is 1. The molecule has 1 unspecified atom stereocenters. The summed E-state index contributed by atoms with van der Waals surface area (Å²) in [4.78, 5) is 10.3. The Balaban J connectivity index is 3.78. The summed E-state index contributed by atoms with van der Waals surface area (Å²) in [7, 11) is 0. The van der Waals surface area contributed by atoms with E-state index in [9.17, 15) is 4.79 Å². The zero-order chi connectivity index (χ0) is 8.91. The van der Waals surface area contributed by atoms with Gasteiger partial charge in [-0.2, -0.15) is 0 Å². The molecule has 0 aliphatic carbocycles. The SMILES string of the molecule is CCC(C)(CN)OCC(N)=O. The molecule has 0 fully saturated rings. The monoisotopic (exact) mass is 160 g/mol. The van der Waals surface area contributed by atoms with Crippen LogP contribution in [0.15, 0.2) is 0 Å². The highest BCUT2D eigenvalue weighted by atomic mass is 16.5. The third kappa shape index (κ3) is 3.95. The van der Waals surface area contributed by atoms with Gasteiger partial charge in [0.1, 0.15) is 6.61 Å². The second kappa shape index (κ2) is 4.31. The van der Waals surface area contributed by atoms with Crippen molar-refractivity contribution in [2.24, 2.45) is 11.5 Å². The quantitative estimate of drug-likeness (QED) is 0.575. The van der Waals surface area contributed by atoms with Crippen molar-refractivity contribution in [3.8, 4) is 0 Å². The Morgan fingerprint density at radius 1 is 1.64 bits per heavy atom. The van der Waals surface area contributed by atoms with Gasteiger partial charge >= 0.3 is 0 Å². The van der Waals surface area contributed by atoms with E-state index in [1.54, 1.807) is 0 Å². The average molecular weight is 160 g/mol. The van der Waals surface area contributed by atoms with Crippen molar-refractivity contribution >= 4 is 5.91 Å². The largest absolute Gasteiger partial charge is 0.368 e. The van der Waals surface area contributed by atoms with E-state index in [0.717, 1.165) is 6.42 Å². The third-order valence-electron chi connectivity index (χ3n) is 1.74. The highest BCUT2D eigenvalue weighted by molar-refractivity contribution is 5.75. The number of carbonyl (C=O) groups excluding carboxylic acids is 1. The van der Waals surface area contributed by atoms with Gasteiger partial charge in [0.05, 0.1) is 5.60 Å². The van der Waals surface area contributed by atoms with Crippen molar-refractivity contribution in [1.82, 2.24) is 0 Å². The molecule has 0 rings (SSSR count). The van der Waals surface area contributed by atoms with Crippen LogP contribution >= 0.6 is 0 Å². The molecule has 0 aliphatic heterocycles. The Morgan fingerprint density at radius 3 is 2.45 bits per heavy atom. The summed E-state index contributed by atoms with van der Waals surface area (Å²) in [6.07, 6.45) is 0.775. The number of amides is 1. The molecule has 0 heterocycles. The summed E-state index contributed by atoms with van der Waals surface area (Å²) >= 11 is 0. The first-order chi connectivity index (χ1) is 5.04. The standard InChI is InChI=1S/C7H16N2O2/c1-3-7(2,5-8)11-4-6(9)10/h3-5,8H2,1-2H3,(H2,9,10). The Morgan fingerprint density at radius 2 is 2.18 bits per heavy atom. The lowest BCUT2D eigenvalue weighted by atomic mass is 10.0. The van der Waals surface area contributed by atoms with Gasteiger partial charge in [-0.05, 0) is 13.3 Å². The zero-order valence-electron chi connectivity index (χ0n) is 7.09. The highest BCUT2D eigenvalue weighted by Gasteiger charge is 2.20. The maximum atomic E-state index is 10.3. The predicted octanol–water partition coefficient (Wildman–Crippen LogP) is -0.384. The smallest absolute Gasteiger partial charge is 0.243 e. The molecule has 4 N–H and O–H groups in total. The molecular weight excluding hydrogens is 144 g/mol. The second-order valence-electron chi connectivity index (χ2n) is 2.76. The lowest BCUT2D eigenvalue weighted by molar-refractivity contribution is -0.128. The Kier molecular flexibility index (Phi) is 4.07. The fourth-order valence-corrected chi connectivity index (χ4v) is 0.551. The van der Waals surface area contributed by atoms with Gasteiger partial charge in [-0.3, -0.25) is 4.79 Å². The molecule has 4 nitrogen and oxygen atoms in total. The van der Waals surface area contributed by atoms with Crippen molar-refractivity contribution in [3.05, 3.63) is 0 Å². The molecule has 0 saturated carbocycles. The van der Waals surface area contributed by atoms with E-state index in [1.807, 2.05) is 13.8 Å². The van der Waals surface area contributed by atoms with Crippen LogP contribution in [-0.4, -0.2) is 24.7 Å². The van der Waals surface area contributed by atoms with E-state index in [2.05, 4.69) is 0 Å². The summed E-state index contributed by atoms with van der Waals surface area (Å²) in [5.74, 6) is -0.460. The number of rotatable bonds is 5.